The summed E-state index contributed by atoms with van der Waals surface area (Å²) in [7, 11) is 0. The maximum atomic E-state index is 13.5. The molecule has 98 valence electrons. The van der Waals surface area contributed by atoms with Gasteiger partial charge in [-0.25, -0.2) is 4.39 Å². The van der Waals surface area contributed by atoms with E-state index in [0.29, 0.717) is 24.1 Å². The van der Waals surface area contributed by atoms with Gasteiger partial charge in [0.25, 0.3) is 0 Å². The summed E-state index contributed by atoms with van der Waals surface area (Å²) < 4.78 is 18.9. The zero-order valence-corrected chi connectivity index (χ0v) is 11.0. The van der Waals surface area contributed by atoms with Crippen LogP contribution < -0.4 is 10.1 Å². The highest BCUT2D eigenvalue weighted by molar-refractivity contribution is 5.35. The van der Waals surface area contributed by atoms with Crippen LogP contribution in [0.3, 0.4) is 0 Å². The van der Waals surface area contributed by atoms with Gasteiger partial charge in [0.1, 0.15) is 0 Å². The molecule has 1 unspecified atom stereocenters. The molecule has 0 aliphatic carbocycles. The van der Waals surface area contributed by atoms with Gasteiger partial charge in [0.15, 0.2) is 11.6 Å². The second kappa shape index (κ2) is 6.97. The SMILES string of the molecule is CC(CNC(C)C)COc1ccc(C#N)cc1F. The number of ether oxygens (including phenoxy) is 1. The molecule has 0 bridgehead atoms. The molecule has 1 atom stereocenters. The summed E-state index contributed by atoms with van der Waals surface area (Å²) in [6, 6.07) is 6.55. The molecule has 0 aliphatic heterocycles. The maximum Gasteiger partial charge on any atom is 0.166 e. The third kappa shape index (κ3) is 4.72. The highest BCUT2D eigenvalue weighted by Crippen LogP contribution is 2.18. The van der Waals surface area contributed by atoms with E-state index >= 15 is 0 Å². The predicted octanol–water partition coefficient (Wildman–Crippen LogP) is 2.71. The number of halogens is 1. The molecule has 1 aromatic carbocycles. The van der Waals surface area contributed by atoms with Crippen LogP contribution in [0.25, 0.3) is 0 Å². The molecule has 1 N–H and O–H groups in total. The Morgan fingerprint density at radius 3 is 2.67 bits per heavy atom. The Morgan fingerprint density at radius 2 is 2.11 bits per heavy atom. The standard InChI is InChI=1S/C14H19FN2O/c1-10(2)17-8-11(3)9-18-14-5-4-12(7-16)6-13(14)15/h4-6,10-11,17H,8-9H2,1-3H3. The first kappa shape index (κ1) is 14.5. The quantitative estimate of drug-likeness (QED) is 0.844. The van der Waals surface area contributed by atoms with Crippen molar-refractivity contribution in [2.24, 2.45) is 5.92 Å². The third-order valence-corrected chi connectivity index (χ3v) is 2.46. The average Bonchev–Trinajstić information content (AvgIpc) is 2.34. The lowest BCUT2D eigenvalue weighted by atomic mass is 10.2. The first-order chi connectivity index (χ1) is 8.52. The minimum atomic E-state index is -0.488. The van der Waals surface area contributed by atoms with Gasteiger partial charge >= 0.3 is 0 Å². The van der Waals surface area contributed by atoms with Gasteiger partial charge in [-0.05, 0) is 18.2 Å². The fraction of sp³-hybridized carbons (Fsp3) is 0.500. The van der Waals surface area contributed by atoms with Crippen molar-refractivity contribution in [1.29, 1.82) is 5.26 Å². The number of hydrogen-bond donors (Lipinski definition) is 1. The van der Waals surface area contributed by atoms with E-state index in [1.807, 2.05) is 13.0 Å². The first-order valence-corrected chi connectivity index (χ1v) is 6.08. The van der Waals surface area contributed by atoms with Gasteiger partial charge in [0.2, 0.25) is 0 Å². The molecule has 3 nitrogen and oxygen atoms in total. The van der Waals surface area contributed by atoms with E-state index < -0.39 is 5.82 Å². The zero-order valence-electron chi connectivity index (χ0n) is 11.0. The lowest BCUT2D eigenvalue weighted by Crippen LogP contribution is -2.30. The molecule has 0 saturated carbocycles. The Kier molecular flexibility index (Phi) is 5.60. The van der Waals surface area contributed by atoms with E-state index in [2.05, 4.69) is 19.2 Å². The van der Waals surface area contributed by atoms with Crippen molar-refractivity contribution in [2.45, 2.75) is 26.8 Å². The van der Waals surface area contributed by atoms with Crippen LogP contribution in [0.4, 0.5) is 4.39 Å². The predicted molar refractivity (Wildman–Crippen MR) is 68.9 cm³/mol. The van der Waals surface area contributed by atoms with E-state index in [4.69, 9.17) is 10.00 Å². The van der Waals surface area contributed by atoms with E-state index in [9.17, 15) is 4.39 Å². The van der Waals surface area contributed by atoms with Crippen LogP contribution >= 0.6 is 0 Å². The number of rotatable bonds is 6. The van der Waals surface area contributed by atoms with E-state index in [0.717, 1.165) is 6.54 Å². The van der Waals surface area contributed by atoms with E-state index in [1.54, 1.807) is 6.07 Å². The van der Waals surface area contributed by atoms with Crippen LogP contribution in [0, 0.1) is 23.1 Å². The van der Waals surface area contributed by atoms with Gasteiger partial charge < -0.3 is 10.1 Å². The third-order valence-electron chi connectivity index (χ3n) is 2.46. The van der Waals surface area contributed by atoms with Crippen LogP contribution in [-0.2, 0) is 0 Å². The first-order valence-electron chi connectivity index (χ1n) is 6.08. The Labute approximate surface area is 108 Å². The van der Waals surface area contributed by atoms with Crippen molar-refractivity contribution in [3.8, 4) is 11.8 Å². The minimum absolute atomic E-state index is 0.199. The summed E-state index contributed by atoms with van der Waals surface area (Å²) in [6.07, 6.45) is 0. The van der Waals surface area contributed by atoms with Crippen LogP contribution in [0.5, 0.6) is 5.75 Å². The highest BCUT2D eigenvalue weighted by Gasteiger charge is 2.08. The van der Waals surface area contributed by atoms with Crippen LogP contribution in [0.2, 0.25) is 0 Å². The Balaban J connectivity index is 2.46. The largest absolute Gasteiger partial charge is 0.490 e. The molecule has 0 saturated heterocycles. The molecule has 0 heterocycles. The number of nitrogens with one attached hydrogen (secondary N) is 1. The normalized spacial score (nSPS) is 12.2. The molecule has 0 amide bonds. The van der Waals surface area contributed by atoms with Crippen LogP contribution in [0.1, 0.15) is 26.3 Å². The molecule has 0 aromatic heterocycles. The number of nitrogens with zero attached hydrogens (tertiary/aromatic N) is 1. The molecule has 0 spiro atoms. The average molecular weight is 250 g/mol. The van der Waals surface area contributed by atoms with Crippen LogP contribution in [0.15, 0.2) is 18.2 Å². The molecule has 18 heavy (non-hydrogen) atoms. The van der Waals surface area contributed by atoms with Gasteiger partial charge in [-0.2, -0.15) is 5.26 Å². The summed E-state index contributed by atoms with van der Waals surface area (Å²) in [4.78, 5) is 0. The Morgan fingerprint density at radius 1 is 1.39 bits per heavy atom. The van der Waals surface area contributed by atoms with Crippen molar-refractivity contribution in [2.75, 3.05) is 13.2 Å². The van der Waals surface area contributed by atoms with Gasteiger partial charge in [-0.3, -0.25) is 0 Å². The second-order valence-electron chi connectivity index (χ2n) is 4.74. The molecule has 0 aliphatic rings. The molecular formula is C14H19FN2O. The summed E-state index contributed by atoms with van der Waals surface area (Å²) >= 11 is 0. The number of nitriles is 1. The fourth-order valence-electron chi connectivity index (χ4n) is 1.42. The van der Waals surface area contributed by atoms with Gasteiger partial charge in [0, 0.05) is 18.5 Å². The minimum Gasteiger partial charge on any atom is -0.490 e. The summed E-state index contributed by atoms with van der Waals surface area (Å²) in [6.45, 7) is 7.47. The molecule has 4 heteroatoms. The lowest BCUT2D eigenvalue weighted by Gasteiger charge is -2.16. The smallest absolute Gasteiger partial charge is 0.166 e. The summed E-state index contributed by atoms with van der Waals surface area (Å²) in [5, 5.41) is 11.9. The Hall–Kier alpha value is -1.60. The monoisotopic (exact) mass is 250 g/mol. The van der Waals surface area contributed by atoms with Crippen molar-refractivity contribution < 1.29 is 9.13 Å². The molecule has 0 radical (unpaired) electrons. The fourth-order valence-corrected chi connectivity index (χ4v) is 1.42. The topological polar surface area (TPSA) is 45.0 Å². The Bertz CT molecular complexity index is 426. The van der Waals surface area contributed by atoms with Gasteiger partial charge in [-0.1, -0.05) is 20.8 Å². The van der Waals surface area contributed by atoms with Gasteiger partial charge in [0.05, 0.1) is 18.2 Å². The van der Waals surface area contributed by atoms with Crippen molar-refractivity contribution in [1.82, 2.24) is 5.32 Å². The summed E-state index contributed by atoms with van der Waals surface area (Å²) in [5.41, 5.74) is 0.300. The number of benzene rings is 1. The van der Waals surface area contributed by atoms with Crippen molar-refractivity contribution in [3.63, 3.8) is 0 Å². The zero-order chi connectivity index (χ0) is 13.5. The molecular weight excluding hydrogens is 231 g/mol. The highest BCUT2D eigenvalue weighted by atomic mass is 19.1. The van der Waals surface area contributed by atoms with Crippen molar-refractivity contribution >= 4 is 0 Å². The van der Waals surface area contributed by atoms with Crippen LogP contribution in [-0.4, -0.2) is 19.2 Å². The maximum absolute atomic E-state index is 13.5. The van der Waals surface area contributed by atoms with Crippen molar-refractivity contribution in [3.05, 3.63) is 29.6 Å². The molecule has 1 rings (SSSR count). The second-order valence-corrected chi connectivity index (χ2v) is 4.74. The number of hydrogen-bond acceptors (Lipinski definition) is 3. The van der Waals surface area contributed by atoms with E-state index in [-0.39, 0.29) is 5.75 Å². The molecule has 0 fully saturated rings. The lowest BCUT2D eigenvalue weighted by molar-refractivity contribution is 0.243. The van der Waals surface area contributed by atoms with Gasteiger partial charge in [-0.15, -0.1) is 0 Å². The summed E-state index contributed by atoms with van der Waals surface area (Å²) in [5.74, 6) is 0.00547. The molecule has 1 aromatic rings. The van der Waals surface area contributed by atoms with E-state index in [1.165, 1.54) is 12.1 Å².